The first-order valence-corrected chi connectivity index (χ1v) is 9.17. The monoisotopic (exact) mass is 369 g/mol. The highest BCUT2D eigenvalue weighted by Crippen LogP contribution is 2.43. The number of amides is 1. The van der Waals surface area contributed by atoms with Crippen molar-refractivity contribution in [3.05, 3.63) is 71.5 Å². The second-order valence-electron chi connectivity index (χ2n) is 7.22. The number of nitrogens with zero attached hydrogens (tertiary/aromatic N) is 1. The quantitative estimate of drug-likeness (QED) is 0.748. The van der Waals surface area contributed by atoms with E-state index in [-0.39, 0.29) is 11.7 Å². The smallest absolute Gasteiger partial charge is 0.317 e. The lowest BCUT2D eigenvalue weighted by Crippen LogP contribution is -2.39. The molecule has 0 aromatic heterocycles. The van der Waals surface area contributed by atoms with E-state index >= 15 is 0 Å². The van der Waals surface area contributed by atoms with E-state index in [4.69, 9.17) is 4.74 Å². The topological polar surface area (TPSA) is 46.6 Å². The summed E-state index contributed by atoms with van der Waals surface area (Å²) in [6.07, 6.45) is 2.06. The largest absolute Gasteiger partial charge is 0.447 e. The van der Waals surface area contributed by atoms with Gasteiger partial charge in [-0.1, -0.05) is 55.3 Å². The molecule has 2 aromatic carbocycles. The molecule has 0 heterocycles. The van der Waals surface area contributed by atoms with E-state index < -0.39 is 17.5 Å². The number of likely N-dealkylation sites (N-methyl/N-ethyl adjacent to an activating group) is 1. The molecule has 0 bridgehead atoms. The number of esters is 1. The summed E-state index contributed by atoms with van der Waals surface area (Å²) in [5, 5.41) is 0. The van der Waals surface area contributed by atoms with E-state index in [1.54, 1.807) is 38.4 Å². The normalized spacial score (nSPS) is 16.6. The Morgan fingerprint density at radius 3 is 2.15 bits per heavy atom. The van der Waals surface area contributed by atoms with Crippen LogP contribution in [0.2, 0.25) is 0 Å². The van der Waals surface area contributed by atoms with Crippen molar-refractivity contribution in [2.24, 2.45) is 0 Å². The Balaban J connectivity index is 1.93. The Morgan fingerprint density at radius 2 is 1.59 bits per heavy atom. The molecule has 0 spiro atoms. The predicted octanol–water partition coefficient (Wildman–Crippen LogP) is 4.01. The SMILES string of the molecule is CN(C)C(=O)[C@H](OC(=O)C1(c2ccc(F)cc2)CCCC1)c1ccccc1. The van der Waals surface area contributed by atoms with E-state index in [9.17, 15) is 14.0 Å². The van der Waals surface area contributed by atoms with Crippen molar-refractivity contribution < 1.29 is 18.7 Å². The molecule has 1 amide bonds. The molecule has 0 N–H and O–H groups in total. The highest BCUT2D eigenvalue weighted by molar-refractivity contribution is 5.89. The summed E-state index contributed by atoms with van der Waals surface area (Å²) in [7, 11) is 3.27. The molecule has 1 aliphatic rings. The minimum atomic E-state index is -0.994. The van der Waals surface area contributed by atoms with Gasteiger partial charge in [-0.25, -0.2) is 4.39 Å². The number of hydrogen-bond donors (Lipinski definition) is 0. The van der Waals surface area contributed by atoms with Crippen LogP contribution in [0.25, 0.3) is 0 Å². The molecule has 0 unspecified atom stereocenters. The maximum absolute atomic E-state index is 13.4. The number of halogens is 1. The number of ether oxygens (including phenoxy) is 1. The van der Waals surface area contributed by atoms with Crippen molar-refractivity contribution in [1.29, 1.82) is 0 Å². The van der Waals surface area contributed by atoms with Gasteiger partial charge in [-0.3, -0.25) is 9.59 Å². The van der Waals surface area contributed by atoms with Crippen LogP contribution in [0.5, 0.6) is 0 Å². The maximum Gasteiger partial charge on any atom is 0.317 e. The van der Waals surface area contributed by atoms with E-state index in [0.717, 1.165) is 18.4 Å². The van der Waals surface area contributed by atoms with Crippen LogP contribution in [0.15, 0.2) is 54.6 Å². The standard InChI is InChI=1S/C22H24FNO3/c1-24(2)20(25)19(16-8-4-3-5-9-16)27-21(26)22(14-6-7-15-22)17-10-12-18(23)13-11-17/h3-5,8-13,19H,6-7,14-15H2,1-2H3/t19-/m1/s1. The maximum atomic E-state index is 13.4. The summed E-state index contributed by atoms with van der Waals surface area (Å²) < 4.78 is 19.2. The van der Waals surface area contributed by atoms with Gasteiger partial charge in [0, 0.05) is 19.7 Å². The third kappa shape index (κ3) is 3.87. The zero-order chi connectivity index (χ0) is 19.4. The Kier molecular flexibility index (Phi) is 5.59. The summed E-state index contributed by atoms with van der Waals surface area (Å²) in [4.78, 5) is 27.4. The second-order valence-corrected chi connectivity index (χ2v) is 7.22. The lowest BCUT2D eigenvalue weighted by atomic mass is 9.79. The Hall–Kier alpha value is -2.69. The molecule has 0 aliphatic heterocycles. The summed E-state index contributed by atoms with van der Waals surface area (Å²) in [5.41, 5.74) is 0.556. The van der Waals surface area contributed by atoms with E-state index in [0.29, 0.717) is 18.4 Å². The van der Waals surface area contributed by atoms with Crippen LogP contribution in [0.4, 0.5) is 4.39 Å². The van der Waals surface area contributed by atoms with Crippen molar-refractivity contribution in [2.75, 3.05) is 14.1 Å². The number of benzene rings is 2. The number of carbonyl (C=O) groups is 2. The zero-order valence-electron chi connectivity index (χ0n) is 15.7. The van der Waals surface area contributed by atoms with Gasteiger partial charge in [0.2, 0.25) is 6.10 Å². The number of rotatable bonds is 5. The van der Waals surface area contributed by atoms with Gasteiger partial charge >= 0.3 is 5.97 Å². The van der Waals surface area contributed by atoms with Crippen LogP contribution in [0, 0.1) is 5.82 Å². The summed E-state index contributed by atoms with van der Waals surface area (Å²) >= 11 is 0. The first-order chi connectivity index (χ1) is 12.9. The first-order valence-electron chi connectivity index (χ1n) is 9.17. The van der Waals surface area contributed by atoms with Crippen LogP contribution in [-0.4, -0.2) is 30.9 Å². The van der Waals surface area contributed by atoms with Gasteiger partial charge in [-0.05, 0) is 30.5 Å². The molecule has 27 heavy (non-hydrogen) atoms. The number of carbonyl (C=O) groups excluding carboxylic acids is 2. The minimum absolute atomic E-state index is 0.290. The molecule has 5 heteroatoms. The van der Waals surface area contributed by atoms with E-state index in [1.807, 2.05) is 18.2 Å². The van der Waals surface area contributed by atoms with Crippen LogP contribution in [-0.2, 0) is 19.7 Å². The van der Waals surface area contributed by atoms with Crippen LogP contribution >= 0.6 is 0 Å². The van der Waals surface area contributed by atoms with Gasteiger partial charge in [-0.2, -0.15) is 0 Å². The van der Waals surface area contributed by atoms with Crippen molar-refractivity contribution in [3.8, 4) is 0 Å². The summed E-state index contributed by atoms with van der Waals surface area (Å²) in [5.74, 6) is -1.05. The molecule has 1 saturated carbocycles. The van der Waals surface area contributed by atoms with Crippen molar-refractivity contribution in [2.45, 2.75) is 37.2 Å². The molecule has 1 atom stereocenters. The van der Waals surface area contributed by atoms with Crippen molar-refractivity contribution in [3.63, 3.8) is 0 Å². The van der Waals surface area contributed by atoms with Gasteiger partial charge in [0.05, 0.1) is 5.41 Å². The first kappa shape index (κ1) is 19.1. The average Bonchev–Trinajstić information content (AvgIpc) is 3.17. The van der Waals surface area contributed by atoms with Gasteiger partial charge < -0.3 is 9.64 Å². The molecule has 0 saturated heterocycles. The van der Waals surface area contributed by atoms with Gasteiger partial charge in [-0.15, -0.1) is 0 Å². The number of hydrogen-bond acceptors (Lipinski definition) is 3. The molecule has 2 aromatic rings. The fourth-order valence-electron chi connectivity index (χ4n) is 3.70. The van der Waals surface area contributed by atoms with E-state index in [2.05, 4.69) is 0 Å². The lowest BCUT2D eigenvalue weighted by Gasteiger charge is -2.30. The third-order valence-electron chi connectivity index (χ3n) is 5.24. The van der Waals surface area contributed by atoms with Gasteiger partial charge in [0.1, 0.15) is 5.82 Å². The summed E-state index contributed by atoms with van der Waals surface area (Å²) in [6, 6.07) is 15.0. The third-order valence-corrected chi connectivity index (χ3v) is 5.24. The Morgan fingerprint density at radius 1 is 1.00 bits per heavy atom. The average molecular weight is 369 g/mol. The zero-order valence-corrected chi connectivity index (χ0v) is 15.7. The minimum Gasteiger partial charge on any atom is -0.447 e. The fourth-order valence-corrected chi connectivity index (χ4v) is 3.70. The highest BCUT2D eigenvalue weighted by atomic mass is 19.1. The fraction of sp³-hybridized carbons (Fsp3) is 0.364. The molecule has 142 valence electrons. The molecule has 1 aliphatic carbocycles. The van der Waals surface area contributed by atoms with Gasteiger partial charge in [0.25, 0.3) is 5.91 Å². The molecule has 3 rings (SSSR count). The second kappa shape index (κ2) is 7.91. The van der Waals surface area contributed by atoms with Crippen molar-refractivity contribution >= 4 is 11.9 Å². The molecular weight excluding hydrogens is 345 g/mol. The van der Waals surface area contributed by atoms with Crippen LogP contribution < -0.4 is 0 Å². The highest BCUT2D eigenvalue weighted by Gasteiger charge is 2.46. The molecule has 1 fully saturated rings. The van der Waals surface area contributed by atoms with E-state index in [1.165, 1.54) is 17.0 Å². The lowest BCUT2D eigenvalue weighted by molar-refractivity contribution is -0.165. The summed E-state index contributed by atoms with van der Waals surface area (Å²) in [6.45, 7) is 0. The van der Waals surface area contributed by atoms with Crippen molar-refractivity contribution in [1.82, 2.24) is 4.90 Å². The Bertz CT molecular complexity index is 796. The van der Waals surface area contributed by atoms with Gasteiger partial charge in [0.15, 0.2) is 0 Å². The molecule has 4 nitrogen and oxygen atoms in total. The Labute approximate surface area is 158 Å². The molecular formula is C22H24FNO3. The van der Waals surface area contributed by atoms with Crippen LogP contribution in [0.1, 0.15) is 42.9 Å². The molecule has 0 radical (unpaired) electrons. The van der Waals surface area contributed by atoms with Crippen LogP contribution in [0.3, 0.4) is 0 Å². The predicted molar refractivity (Wildman–Crippen MR) is 101 cm³/mol.